The summed E-state index contributed by atoms with van der Waals surface area (Å²) in [5, 5.41) is 2.37. The van der Waals surface area contributed by atoms with Gasteiger partial charge in [-0.1, -0.05) is 37.5 Å². The van der Waals surface area contributed by atoms with Crippen molar-refractivity contribution in [3.8, 4) is 0 Å². The summed E-state index contributed by atoms with van der Waals surface area (Å²) in [6.45, 7) is 0. The van der Waals surface area contributed by atoms with Gasteiger partial charge >= 0.3 is 0 Å². The smallest absolute Gasteiger partial charge is 0.259 e. The van der Waals surface area contributed by atoms with Crippen LogP contribution in [0.15, 0.2) is 42.7 Å². The van der Waals surface area contributed by atoms with Crippen molar-refractivity contribution in [2.45, 2.75) is 44.9 Å². The summed E-state index contributed by atoms with van der Waals surface area (Å²) in [5.74, 6) is -0.519. The summed E-state index contributed by atoms with van der Waals surface area (Å²) in [6.07, 6.45) is 11.5. The molecule has 0 saturated carbocycles. The summed E-state index contributed by atoms with van der Waals surface area (Å²) in [4.78, 5) is 27.7. The van der Waals surface area contributed by atoms with Gasteiger partial charge in [0.15, 0.2) is 0 Å². The van der Waals surface area contributed by atoms with Crippen LogP contribution in [0.2, 0.25) is 0 Å². The lowest BCUT2D eigenvalue weighted by Gasteiger charge is -2.06. The molecule has 3 rings (SSSR count). The lowest BCUT2D eigenvalue weighted by atomic mass is 9.97. The maximum atomic E-state index is 11.9. The number of carbonyl (C=O) groups excluding carboxylic acids is 2. The summed E-state index contributed by atoms with van der Waals surface area (Å²) in [5.41, 5.74) is 3.40. The molecule has 124 valence electrons. The van der Waals surface area contributed by atoms with Crippen LogP contribution in [0.5, 0.6) is 0 Å². The standard InChI is InChI=1S/C20H22N2O2/c23-19-17-12-6-11-16(18(17)20(24)22-19)10-5-3-1-2-4-8-15-9-7-13-21-14-15/h6-7,9,11-14H,1-5,8,10H2,(H,22,23,24). The molecule has 2 heterocycles. The van der Waals surface area contributed by atoms with E-state index in [2.05, 4.69) is 16.4 Å². The van der Waals surface area contributed by atoms with Gasteiger partial charge in [0.25, 0.3) is 11.8 Å². The van der Waals surface area contributed by atoms with E-state index in [9.17, 15) is 9.59 Å². The van der Waals surface area contributed by atoms with Crippen LogP contribution in [0, 0.1) is 0 Å². The van der Waals surface area contributed by atoms with Crippen LogP contribution in [-0.2, 0) is 12.8 Å². The first-order chi connectivity index (χ1) is 11.8. The molecule has 4 heteroatoms. The van der Waals surface area contributed by atoms with Gasteiger partial charge in [-0.05, 0) is 48.9 Å². The minimum Gasteiger partial charge on any atom is -0.288 e. The van der Waals surface area contributed by atoms with Crippen molar-refractivity contribution < 1.29 is 9.59 Å². The Hall–Kier alpha value is -2.49. The molecule has 1 N–H and O–H groups in total. The van der Waals surface area contributed by atoms with Crippen molar-refractivity contribution in [2.75, 3.05) is 0 Å². The number of carbonyl (C=O) groups is 2. The van der Waals surface area contributed by atoms with Crippen LogP contribution in [0.3, 0.4) is 0 Å². The molecule has 0 aliphatic carbocycles. The van der Waals surface area contributed by atoms with E-state index >= 15 is 0 Å². The van der Waals surface area contributed by atoms with Crippen molar-refractivity contribution >= 4 is 11.8 Å². The van der Waals surface area contributed by atoms with Gasteiger partial charge in [0.1, 0.15) is 0 Å². The lowest BCUT2D eigenvalue weighted by Crippen LogP contribution is -2.20. The van der Waals surface area contributed by atoms with Crippen molar-refractivity contribution in [3.05, 3.63) is 65.0 Å². The van der Waals surface area contributed by atoms with Crippen LogP contribution in [0.4, 0.5) is 0 Å². The first-order valence-electron chi connectivity index (χ1n) is 8.62. The predicted molar refractivity (Wildman–Crippen MR) is 93.0 cm³/mol. The zero-order valence-corrected chi connectivity index (χ0v) is 13.8. The molecule has 2 amide bonds. The van der Waals surface area contributed by atoms with Gasteiger partial charge in [-0.3, -0.25) is 19.9 Å². The maximum Gasteiger partial charge on any atom is 0.259 e. The molecule has 1 aromatic heterocycles. The van der Waals surface area contributed by atoms with E-state index in [1.165, 1.54) is 24.8 Å². The number of imide groups is 1. The Kier molecular flexibility index (Phi) is 5.36. The van der Waals surface area contributed by atoms with Crippen LogP contribution in [0.1, 0.15) is 63.9 Å². The minimum absolute atomic E-state index is 0.248. The van der Waals surface area contributed by atoms with E-state index in [1.54, 1.807) is 12.3 Å². The van der Waals surface area contributed by atoms with E-state index < -0.39 is 0 Å². The number of hydrogen-bond acceptors (Lipinski definition) is 3. The van der Waals surface area contributed by atoms with Crippen LogP contribution < -0.4 is 5.32 Å². The molecular formula is C20H22N2O2. The molecule has 0 spiro atoms. The van der Waals surface area contributed by atoms with E-state index in [1.807, 2.05) is 24.4 Å². The van der Waals surface area contributed by atoms with Crippen molar-refractivity contribution in [1.29, 1.82) is 0 Å². The fourth-order valence-corrected chi connectivity index (χ4v) is 3.22. The normalized spacial score (nSPS) is 13.0. The van der Waals surface area contributed by atoms with Gasteiger partial charge in [0.05, 0.1) is 11.1 Å². The molecule has 1 aliphatic rings. The van der Waals surface area contributed by atoms with Crippen molar-refractivity contribution in [2.24, 2.45) is 0 Å². The third-order valence-electron chi connectivity index (χ3n) is 4.48. The summed E-state index contributed by atoms with van der Waals surface area (Å²) in [7, 11) is 0. The molecular weight excluding hydrogens is 300 g/mol. The summed E-state index contributed by atoms with van der Waals surface area (Å²) < 4.78 is 0. The average molecular weight is 322 g/mol. The van der Waals surface area contributed by atoms with E-state index in [4.69, 9.17) is 0 Å². The quantitative estimate of drug-likeness (QED) is 0.595. The highest BCUT2D eigenvalue weighted by Gasteiger charge is 2.28. The second-order valence-corrected chi connectivity index (χ2v) is 6.25. The Morgan fingerprint density at radius 2 is 1.62 bits per heavy atom. The Morgan fingerprint density at radius 3 is 2.42 bits per heavy atom. The number of unbranched alkanes of at least 4 members (excludes halogenated alkanes) is 4. The lowest BCUT2D eigenvalue weighted by molar-refractivity contribution is 0.0879. The zero-order valence-electron chi connectivity index (χ0n) is 13.8. The monoisotopic (exact) mass is 322 g/mol. The van der Waals surface area contributed by atoms with E-state index in [0.29, 0.717) is 11.1 Å². The fourth-order valence-electron chi connectivity index (χ4n) is 3.22. The number of nitrogens with one attached hydrogen (secondary N) is 1. The first kappa shape index (κ1) is 16.4. The number of benzene rings is 1. The minimum atomic E-state index is -0.271. The van der Waals surface area contributed by atoms with Gasteiger partial charge in [-0.25, -0.2) is 0 Å². The zero-order chi connectivity index (χ0) is 16.8. The number of aromatic nitrogens is 1. The van der Waals surface area contributed by atoms with E-state index in [0.717, 1.165) is 31.2 Å². The Morgan fingerprint density at radius 1 is 0.833 bits per heavy atom. The predicted octanol–water partition coefficient (Wildman–Crippen LogP) is 3.70. The molecule has 24 heavy (non-hydrogen) atoms. The first-order valence-corrected chi connectivity index (χ1v) is 8.62. The molecule has 0 unspecified atom stereocenters. The summed E-state index contributed by atoms with van der Waals surface area (Å²) >= 11 is 0. The Bertz CT molecular complexity index is 726. The number of aryl methyl sites for hydroxylation is 2. The second kappa shape index (κ2) is 7.86. The number of nitrogens with zero attached hydrogens (tertiary/aromatic N) is 1. The summed E-state index contributed by atoms with van der Waals surface area (Å²) in [6, 6.07) is 9.64. The molecule has 0 fully saturated rings. The van der Waals surface area contributed by atoms with Crippen molar-refractivity contribution in [3.63, 3.8) is 0 Å². The van der Waals surface area contributed by atoms with Gasteiger partial charge in [0, 0.05) is 12.4 Å². The highest BCUT2D eigenvalue weighted by Crippen LogP contribution is 2.22. The van der Waals surface area contributed by atoms with Gasteiger partial charge in [-0.2, -0.15) is 0 Å². The molecule has 1 aromatic carbocycles. The highest BCUT2D eigenvalue weighted by atomic mass is 16.2. The average Bonchev–Trinajstić information content (AvgIpc) is 2.90. The third kappa shape index (κ3) is 3.88. The number of rotatable bonds is 8. The topological polar surface area (TPSA) is 59.1 Å². The van der Waals surface area contributed by atoms with Crippen LogP contribution >= 0.6 is 0 Å². The molecule has 0 bridgehead atoms. The second-order valence-electron chi connectivity index (χ2n) is 6.25. The van der Waals surface area contributed by atoms with Gasteiger partial charge in [0.2, 0.25) is 0 Å². The third-order valence-corrected chi connectivity index (χ3v) is 4.48. The van der Waals surface area contributed by atoms with Crippen LogP contribution in [0.25, 0.3) is 0 Å². The fraction of sp³-hybridized carbons (Fsp3) is 0.350. The SMILES string of the molecule is O=C1NC(=O)c2c(CCCCCCCc3cccnc3)cccc21. The number of fused-ring (bicyclic) bond motifs is 1. The van der Waals surface area contributed by atoms with E-state index in [-0.39, 0.29) is 11.8 Å². The Balaban J connectivity index is 1.39. The maximum absolute atomic E-state index is 11.9. The molecule has 0 radical (unpaired) electrons. The number of amides is 2. The van der Waals surface area contributed by atoms with Gasteiger partial charge < -0.3 is 0 Å². The molecule has 4 nitrogen and oxygen atoms in total. The highest BCUT2D eigenvalue weighted by molar-refractivity contribution is 6.22. The molecule has 0 saturated heterocycles. The van der Waals surface area contributed by atoms with Crippen molar-refractivity contribution in [1.82, 2.24) is 10.3 Å². The molecule has 2 aromatic rings. The Labute approximate surface area is 142 Å². The number of hydrogen-bond donors (Lipinski definition) is 1. The van der Waals surface area contributed by atoms with Gasteiger partial charge in [-0.15, -0.1) is 0 Å². The van der Waals surface area contributed by atoms with Crippen LogP contribution in [-0.4, -0.2) is 16.8 Å². The molecule has 1 aliphatic heterocycles. The molecule has 0 atom stereocenters. The number of pyridine rings is 1. The largest absolute Gasteiger partial charge is 0.288 e.